The number of aryl methyl sites for hydroxylation is 1. The Morgan fingerprint density at radius 1 is 1.58 bits per heavy atom. The standard InChI is InChI=1S/C8H9BrN2O/c1-5-2-3-6(7(9)4-5)8(10)11-12/h2-4,12H,1H3,(H2,10,11). The molecule has 0 aromatic heterocycles. The second-order valence-electron chi connectivity index (χ2n) is 2.47. The summed E-state index contributed by atoms with van der Waals surface area (Å²) >= 11 is 3.32. The number of hydrogen-bond donors (Lipinski definition) is 2. The highest BCUT2D eigenvalue weighted by Gasteiger charge is 2.03. The highest BCUT2D eigenvalue weighted by Crippen LogP contribution is 2.17. The van der Waals surface area contributed by atoms with Gasteiger partial charge in [0, 0.05) is 10.0 Å². The van der Waals surface area contributed by atoms with Gasteiger partial charge in [0.25, 0.3) is 0 Å². The third-order valence-electron chi connectivity index (χ3n) is 1.51. The Morgan fingerprint density at radius 2 is 2.25 bits per heavy atom. The Morgan fingerprint density at radius 3 is 2.75 bits per heavy atom. The fourth-order valence-electron chi connectivity index (χ4n) is 0.882. The molecule has 64 valence electrons. The van der Waals surface area contributed by atoms with E-state index in [2.05, 4.69) is 21.1 Å². The molecule has 0 bridgehead atoms. The van der Waals surface area contributed by atoms with Crippen LogP contribution in [0.15, 0.2) is 27.8 Å². The second kappa shape index (κ2) is 3.58. The van der Waals surface area contributed by atoms with Crippen molar-refractivity contribution in [2.24, 2.45) is 10.9 Å². The summed E-state index contributed by atoms with van der Waals surface area (Å²) < 4.78 is 0.831. The van der Waals surface area contributed by atoms with Crippen molar-refractivity contribution in [3.8, 4) is 0 Å². The van der Waals surface area contributed by atoms with Gasteiger partial charge in [0.2, 0.25) is 0 Å². The number of nitrogens with zero attached hydrogens (tertiary/aromatic N) is 1. The minimum absolute atomic E-state index is 0.113. The Balaban J connectivity index is 3.18. The molecule has 0 spiro atoms. The fourth-order valence-corrected chi connectivity index (χ4v) is 1.58. The summed E-state index contributed by atoms with van der Waals surface area (Å²) in [5.74, 6) is 0.113. The number of oxime groups is 1. The zero-order valence-corrected chi connectivity index (χ0v) is 8.17. The van der Waals surface area contributed by atoms with Gasteiger partial charge in [-0.05, 0) is 24.6 Å². The average molecular weight is 229 g/mol. The van der Waals surface area contributed by atoms with Gasteiger partial charge < -0.3 is 10.9 Å². The van der Waals surface area contributed by atoms with Crippen LogP contribution in [-0.2, 0) is 0 Å². The SMILES string of the molecule is Cc1ccc(/C(N)=N/O)c(Br)c1. The predicted molar refractivity (Wildman–Crippen MR) is 51.4 cm³/mol. The van der Waals surface area contributed by atoms with Gasteiger partial charge in [0.15, 0.2) is 5.84 Å². The summed E-state index contributed by atoms with van der Waals surface area (Å²) in [5, 5.41) is 11.3. The van der Waals surface area contributed by atoms with Crippen LogP contribution in [-0.4, -0.2) is 11.0 Å². The first kappa shape index (κ1) is 9.06. The van der Waals surface area contributed by atoms with Crippen molar-refractivity contribution in [2.75, 3.05) is 0 Å². The van der Waals surface area contributed by atoms with E-state index in [1.54, 1.807) is 6.07 Å². The minimum atomic E-state index is 0.113. The molecule has 0 aliphatic rings. The fraction of sp³-hybridized carbons (Fsp3) is 0.125. The van der Waals surface area contributed by atoms with Crippen LogP contribution in [0.4, 0.5) is 0 Å². The predicted octanol–water partition coefficient (Wildman–Crippen LogP) is 1.85. The Bertz CT molecular complexity index is 323. The van der Waals surface area contributed by atoms with Crippen LogP contribution in [0.1, 0.15) is 11.1 Å². The minimum Gasteiger partial charge on any atom is -0.409 e. The summed E-state index contributed by atoms with van der Waals surface area (Å²) in [6.45, 7) is 1.97. The van der Waals surface area contributed by atoms with Crippen molar-refractivity contribution in [3.63, 3.8) is 0 Å². The highest BCUT2D eigenvalue weighted by molar-refractivity contribution is 9.10. The summed E-state index contributed by atoms with van der Waals surface area (Å²) in [7, 11) is 0. The number of nitrogens with two attached hydrogens (primary N) is 1. The molecule has 1 aromatic rings. The van der Waals surface area contributed by atoms with E-state index in [9.17, 15) is 0 Å². The molecule has 0 radical (unpaired) electrons. The normalized spacial score (nSPS) is 11.7. The van der Waals surface area contributed by atoms with E-state index in [-0.39, 0.29) is 5.84 Å². The van der Waals surface area contributed by atoms with Crippen LogP contribution in [0.3, 0.4) is 0 Å². The molecule has 0 aliphatic heterocycles. The van der Waals surface area contributed by atoms with E-state index in [0.29, 0.717) is 5.56 Å². The maximum Gasteiger partial charge on any atom is 0.171 e. The van der Waals surface area contributed by atoms with Gasteiger partial charge in [0.05, 0.1) is 0 Å². The first-order valence-corrected chi connectivity index (χ1v) is 4.18. The van der Waals surface area contributed by atoms with E-state index in [4.69, 9.17) is 10.9 Å². The van der Waals surface area contributed by atoms with Crippen molar-refractivity contribution in [2.45, 2.75) is 6.92 Å². The van der Waals surface area contributed by atoms with Crippen LogP contribution in [0, 0.1) is 6.92 Å². The van der Waals surface area contributed by atoms with Gasteiger partial charge in [0.1, 0.15) is 0 Å². The second-order valence-corrected chi connectivity index (χ2v) is 3.32. The van der Waals surface area contributed by atoms with Gasteiger partial charge in [-0.2, -0.15) is 0 Å². The Labute approximate surface area is 79.0 Å². The zero-order chi connectivity index (χ0) is 9.14. The van der Waals surface area contributed by atoms with Gasteiger partial charge >= 0.3 is 0 Å². The summed E-state index contributed by atoms with van der Waals surface area (Å²) in [5.41, 5.74) is 7.23. The molecule has 3 nitrogen and oxygen atoms in total. The van der Waals surface area contributed by atoms with E-state index in [1.165, 1.54) is 0 Å². The maximum absolute atomic E-state index is 8.42. The van der Waals surface area contributed by atoms with E-state index < -0.39 is 0 Å². The van der Waals surface area contributed by atoms with Crippen LogP contribution in [0.25, 0.3) is 0 Å². The summed E-state index contributed by atoms with van der Waals surface area (Å²) in [6, 6.07) is 5.61. The molecule has 3 N–H and O–H groups in total. The number of hydrogen-bond acceptors (Lipinski definition) is 2. The monoisotopic (exact) mass is 228 g/mol. The first-order valence-electron chi connectivity index (χ1n) is 3.39. The topological polar surface area (TPSA) is 58.6 Å². The highest BCUT2D eigenvalue weighted by atomic mass is 79.9. The van der Waals surface area contributed by atoms with Gasteiger partial charge in [-0.3, -0.25) is 0 Å². The lowest BCUT2D eigenvalue weighted by molar-refractivity contribution is 0.318. The molecule has 1 aromatic carbocycles. The summed E-state index contributed by atoms with van der Waals surface area (Å²) in [6.07, 6.45) is 0. The largest absolute Gasteiger partial charge is 0.409 e. The summed E-state index contributed by atoms with van der Waals surface area (Å²) in [4.78, 5) is 0. The number of halogens is 1. The molecular weight excluding hydrogens is 220 g/mol. The molecule has 0 heterocycles. The lowest BCUT2D eigenvalue weighted by atomic mass is 10.1. The maximum atomic E-state index is 8.42. The van der Waals surface area contributed by atoms with Crippen LogP contribution >= 0.6 is 15.9 Å². The van der Waals surface area contributed by atoms with Crippen molar-refractivity contribution < 1.29 is 5.21 Å². The number of benzene rings is 1. The molecular formula is C8H9BrN2O. The molecule has 0 fully saturated rings. The Hall–Kier alpha value is -1.03. The van der Waals surface area contributed by atoms with E-state index >= 15 is 0 Å². The molecule has 0 unspecified atom stereocenters. The Kier molecular flexibility index (Phi) is 2.70. The van der Waals surface area contributed by atoms with Crippen molar-refractivity contribution in [3.05, 3.63) is 33.8 Å². The van der Waals surface area contributed by atoms with E-state index in [1.807, 2.05) is 19.1 Å². The number of amidine groups is 1. The van der Waals surface area contributed by atoms with E-state index in [0.717, 1.165) is 10.0 Å². The smallest absolute Gasteiger partial charge is 0.171 e. The van der Waals surface area contributed by atoms with Crippen molar-refractivity contribution >= 4 is 21.8 Å². The first-order chi connectivity index (χ1) is 5.65. The van der Waals surface area contributed by atoms with Crippen molar-refractivity contribution in [1.82, 2.24) is 0 Å². The zero-order valence-electron chi connectivity index (χ0n) is 6.58. The van der Waals surface area contributed by atoms with Gasteiger partial charge in [-0.15, -0.1) is 0 Å². The van der Waals surface area contributed by atoms with Crippen LogP contribution in [0.2, 0.25) is 0 Å². The molecule has 0 saturated carbocycles. The molecule has 4 heteroatoms. The third-order valence-corrected chi connectivity index (χ3v) is 2.16. The molecule has 1 rings (SSSR count). The molecule has 12 heavy (non-hydrogen) atoms. The quantitative estimate of drug-likeness (QED) is 0.334. The lowest BCUT2D eigenvalue weighted by Crippen LogP contribution is -2.13. The molecule has 0 aliphatic carbocycles. The van der Waals surface area contributed by atoms with Crippen molar-refractivity contribution in [1.29, 1.82) is 0 Å². The van der Waals surface area contributed by atoms with Gasteiger partial charge in [-0.25, -0.2) is 0 Å². The molecule has 0 saturated heterocycles. The number of rotatable bonds is 1. The molecule has 0 amide bonds. The lowest BCUT2D eigenvalue weighted by Gasteiger charge is -2.02. The molecule has 0 atom stereocenters. The average Bonchev–Trinajstić information content (AvgIpc) is 2.03. The van der Waals surface area contributed by atoms with Crippen LogP contribution < -0.4 is 5.73 Å². The van der Waals surface area contributed by atoms with Gasteiger partial charge in [-0.1, -0.05) is 27.2 Å². The van der Waals surface area contributed by atoms with Crippen LogP contribution in [0.5, 0.6) is 0 Å². The third kappa shape index (κ3) is 1.76.